The van der Waals surface area contributed by atoms with Gasteiger partial charge in [-0.15, -0.1) is 0 Å². The zero-order valence-corrected chi connectivity index (χ0v) is 13.7. The lowest BCUT2D eigenvalue weighted by molar-refractivity contribution is -0.385. The van der Waals surface area contributed by atoms with Crippen LogP contribution in [0.1, 0.15) is 0 Å². The van der Waals surface area contributed by atoms with Crippen LogP contribution < -0.4 is 15.4 Å². The van der Waals surface area contributed by atoms with Crippen molar-refractivity contribution in [2.75, 3.05) is 17.7 Å². The maximum Gasteiger partial charge on any atom is 0.325 e. The number of urea groups is 1. The summed E-state index contributed by atoms with van der Waals surface area (Å²) < 4.78 is 5.98. The monoisotopic (exact) mass is 360 g/mol. The number of nitro groups is 1. The molecular weight excluding hydrogens is 348 g/mol. The van der Waals surface area contributed by atoms with Crippen molar-refractivity contribution in [1.82, 2.24) is 4.98 Å². The molecule has 0 aliphatic carbocycles. The van der Waals surface area contributed by atoms with Crippen LogP contribution in [0.3, 0.4) is 0 Å². The Morgan fingerprint density at radius 3 is 2.80 bits per heavy atom. The van der Waals surface area contributed by atoms with Gasteiger partial charge in [-0.1, -0.05) is 11.3 Å². The molecule has 0 saturated heterocycles. The first-order valence-electron chi connectivity index (χ1n) is 6.96. The SMILES string of the molecule is COc1ccc2nc(NC(=O)Nc3ccc(O)c([N+](=O)[O-])c3)sc2c1. The second-order valence-corrected chi connectivity index (χ2v) is 5.92. The molecule has 0 aliphatic rings. The molecule has 0 aliphatic heterocycles. The predicted molar refractivity (Wildman–Crippen MR) is 93.6 cm³/mol. The zero-order chi connectivity index (χ0) is 18.0. The molecule has 0 bridgehead atoms. The van der Waals surface area contributed by atoms with Crippen LogP contribution in [0.2, 0.25) is 0 Å². The molecule has 1 aromatic heterocycles. The van der Waals surface area contributed by atoms with E-state index < -0.39 is 22.4 Å². The minimum atomic E-state index is -0.737. The van der Waals surface area contributed by atoms with E-state index in [2.05, 4.69) is 15.6 Å². The van der Waals surface area contributed by atoms with Crippen molar-refractivity contribution in [3.8, 4) is 11.5 Å². The number of hydrogen-bond acceptors (Lipinski definition) is 7. The number of aromatic nitrogens is 1. The van der Waals surface area contributed by atoms with Crippen LogP contribution in [-0.2, 0) is 0 Å². The van der Waals surface area contributed by atoms with E-state index in [-0.39, 0.29) is 5.69 Å². The Labute approximate surface area is 145 Å². The van der Waals surface area contributed by atoms with Crippen molar-refractivity contribution in [2.24, 2.45) is 0 Å². The molecule has 0 fully saturated rings. The Morgan fingerprint density at radius 1 is 1.28 bits per heavy atom. The fourth-order valence-corrected chi connectivity index (χ4v) is 2.98. The van der Waals surface area contributed by atoms with Crippen LogP contribution in [0.5, 0.6) is 11.5 Å². The van der Waals surface area contributed by atoms with E-state index in [0.717, 1.165) is 16.8 Å². The van der Waals surface area contributed by atoms with E-state index >= 15 is 0 Å². The van der Waals surface area contributed by atoms with Gasteiger partial charge in [0.1, 0.15) is 5.75 Å². The number of ether oxygens (including phenoxy) is 1. The third-order valence-electron chi connectivity index (χ3n) is 3.25. The summed E-state index contributed by atoms with van der Waals surface area (Å²) in [6.07, 6.45) is 0. The molecule has 2 aromatic carbocycles. The van der Waals surface area contributed by atoms with Crippen LogP contribution in [0, 0.1) is 10.1 Å². The maximum absolute atomic E-state index is 12.0. The lowest BCUT2D eigenvalue weighted by Gasteiger charge is -2.05. The molecule has 0 atom stereocenters. The molecule has 25 heavy (non-hydrogen) atoms. The third kappa shape index (κ3) is 3.58. The average Bonchev–Trinajstić information content (AvgIpc) is 2.97. The number of anilines is 2. The lowest BCUT2D eigenvalue weighted by atomic mass is 10.2. The van der Waals surface area contributed by atoms with E-state index in [4.69, 9.17) is 4.74 Å². The fourth-order valence-electron chi connectivity index (χ4n) is 2.09. The maximum atomic E-state index is 12.0. The summed E-state index contributed by atoms with van der Waals surface area (Å²) in [6.45, 7) is 0. The molecule has 9 nitrogen and oxygen atoms in total. The normalized spacial score (nSPS) is 10.4. The third-order valence-corrected chi connectivity index (χ3v) is 4.18. The number of nitrogens with one attached hydrogen (secondary N) is 2. The summed E-state index contributed by atoms with van der Waals surface area (Å²) in [6, 6.07) is 8.30. The molecule has 0 radical (unpaired) electrons. The van der Waals surface area contributed by atoms with E-state index in [0.29, 0.717) is 16.4 Å². The molecule has 3 N–H and O–H groups in total. The summed E-state index contributed by atoms with van der Waals surface area (Å²) >= 11 is 1.26. The summed E-state index contributed by atoms with van der Waals surface area (Å²) in [4.78, 5) is 26.4. The quantitative estimate of drug-likeness (QED) is 0.371. The highest BCUT2D eigenvalue weighted by atomic mass is 32.1. The summed E-state index contributed by atoms with van der Waals surface area (Å²) in [5.74, 6) is 0.208. The molecule has 2 amide bonds. The molecule has 0 unspecified atom stereocenters. The molecule has 3 rings (SSSR count). The van der Waals surface area contributed by atoms with Gasteiger partial charge in [-0.3, -0.25) is 15.4 Å². The topological polar surface area (TPSA) is 127 Å². The first-order valence-corrected chi connectivity index (χ1v) is 7.78. The number of nitro benzene ring substituents is 1. The minimum absolute atomic E-state index is 0.171. The van der Waals surface area contributed by atoms with Gasteiger partial charge in [0.15, 0.2) is 10.9 Å². The van der Waals surface area contributed by atoms with Gasteiger partial charge < -0.3 is 15.2 Å². The zero-order valence-electron chi connectivity index (χ0n) is 12.8. The summed E-state index contributed by atoms with van der Waals surface area (Å²) in [5.41, 5.74) is 0.385. The fraction of sp³-hybridized carbons (Fsp3) is 0.0667. The molecule has 3 aromatic rings. The number of aromatic hydroxyl groups is 1. The number of rotatable bonds is 4. The largest absolute Gasteiger partial charge is 0.502 e. The number of methoxy groups -OCH3 is 1. The lowest BCUT2D eigenvalue weighted by Crippen LogP contribution is -2.19. The smallest absolute Gasteiger partial charge is 0.325 e. The van der Waals surface area contributed by atoms with E-state index in [1.165, 1.54) is 17.4 Å². The highest BCUT2D eigenvalue weighted by Gasteiger charge is 2.15. The van der Waals surface area contributed by atoms with Crippen LogP contribution in [0.15, 0.2) is 36.4 Å². The highest BCUT2D eigenvalue weighted by Crippen LogP contribution is 2.30. The van der Waals surface area contributed by atoms with Gasteiger partial charge in [-0.25, -0.2) is 9.78 Å². The molecule has 0 spiro atoms. The van der Waals surface area contributed by atoms with Crippen LogP contribution in [0.25, 0.3) is 10.2 Å². The van der Waals surface area contributed by atoms with Gasteiger partial charge in [-0.05, 0) is 30.3 Å². The van der Waals surface area contributed by atoms with Crippen molar-refractivity contribution >= 4 is 44.1 Å². The van der Waals surface area contributed by atoms with Crippen molar-refractivity contribution in [3.05, 3.63) is 46.5 Å². The van der Waals surface area contributed by atoms with Crippen molar-refractivity contribution < 1.29 is 19.6 Å². The predicted octanol–water partition coefficient (Wildman–Crippen LogP) is 3.56. The van der Waals surface area contributed by atoms with E-state index in [9.17, 15) is 20.0 Å². The van der Waals surface area contributed by atoms with Crippen molar-refractivity contribution in [1.29, 1.82) is 0 Å². The van der Waals surface area contributed by atoms with Gasteiger partial charge in [0.25, 0.3) is 0 Å². The highest BCUT2D eigenvalue weighted by molar-refractivity contribution is 7.22. The molecule has 128 valence electrons. The first kappa shape index (κ1) is 16.5. The minimum Gasteiger partial charge on any atom is -0.502 e. The molecular formula is C15H12N4O5S. The number of carbonyl (C=O) groups excluding carboxylic acids is 1. The second-order valence-electron chi connectivity index (χ2n) is 4.89. The first-order chi connectivity index (χ1) is 12.0. The van der Waals surface area contributed by atoms with Crippen LogP contribution in [-0.4, -0.2) is 28.2 Å². The molecule has 1 heterocycles. The number of carbonyl (C=O) groups is 1. The van der Waals surface area contributed by atoms with Gasteiger partial charge >= 0.3 is 11.7 Å². The Kier molecular flexibility index (Phi) is 4.35. The number of phenols is 1. The second kappa shape index (κ2) is 6.61. The van der Waals surface area contributed by atoms with Gasteiger partial charge in [0.2, 0.25) is 0 Å². The number of nitrogens with zero attached hydrogens (tertiary/aromatic N) is 2. The van der Waals surface area contributed by atoms with Gasteiger partial charge in [-0.2, -0.15) is 0 Å². The molecule has 0 saturated carbocycles. The Bertz CT molecular complexity index is 972. The van der Waals surface area contributed by atoms with Gasteiger partial charge in [0, 0.05) is 11.8 Å². The Morgan fingerprint density at radius 2 is 2.08 bits per heavy atom. The number of benzene rings is 2. The number of fused-ring (bicyclic) bond motifs is 1. The summed E-state index contributed by atoms with van der Waals surface area (Å²) in [5, 5.41) is 25.6. The van der Waals surface area contributed by atoms with Gasteiger partial charge in [0.05, 0.1) is 22.2 Å². The number of amides is 2. The molecule has 10 heteroatoms. The number of phenolic OH excluding ortho intramolecular Hbond substituents is 1. The van der Waals surface area contributed by atoms with Crippen LogP contribution >= 0.6 is 11.3 Å². The van der Waals surface area contributed by atoms with Crippen molar-refractivity contribution in [3.63, 3.8) is 0 Å². The number of hydrogen-bond donors (Lipinski definition) is 3. The summed E-state index contributed by atoms with van der Waals surface area (Å²) in [7, 11) is 1.56. The Balaban J connectivity index is 1.74. The van der Waals surface area contributed by atoms with Crippen molar-refractivity contribution in [2.45, 2.75) is 0 Å². The van der Waals surface area contributed by atoms with Crippen LogP contribution in [0.4, 0.5) is 21.3 Å². The Hall–Kier alpha value is -3.40. The average molecular weight is 360 g/mol. The van der Waals surface area contributed by atoms with E-state index in [1.54, 1.807) is 25.3 Å². The van der Waals surface area contributed by atoms with E-state index in [1.807, 2.05) is 0 Å². The number of thiazole rings is 1. The standard InChI is InChI=1S/C15H12N4O5S/c1-24-9-3-4-10-13(7-9)25-15(17-10)18-14(21)16-8-2-5-12(20)11(6-8)19(22)23/h2-7,20H,1H3,(H2,16,17,18,21).